The number of benzene rings is 1. The third-order valence-electron chi connectivity index (χ3n) is 4.46. The summed E-state index contributed by atoms with van der Waals surface area (Å²) in [5.74, 6) is 0.709. The van der Waals surface area contributed by atoms with Crippen molar-refractivity contribution in [1.82, 2.24) is 15.3 Å². The van der Waals surface area contributed by atoms with Crippen LogP contribution in [0.5, 0.6) is 0 Å². The van der Waals surface area contributed by atoms with Gasteiger partial charge in [0.1, 0.15) is 5.82 Å². The van der Waals surface area contributed by atoms with Crippen molar-refractivity contribution in [2.45, 2.75) is 6.54 Å². The fourth-order valence-electron chi connectivity index (χ4n) is 3.08. The Hall–Kier alpha value is -2.99. The van der Waals surface area contributed by atoms with Crippen LogP contribution in [-0.4, -0.2) is 42.2 Å². The fourth-order valence-corrected chi connectivity index (χ4v) is 3.08. The number of aromatic nitrogens is 2. The lowest BCUT2D eigenvalue weighted by molar-refractivity contribution is 0.0952. The van der Waals surface area contributed by atoms with E-state index in [1.807, 2.05) is 42.5 Å². The third kappa shape index (κ3) is 3.50. The van der Waals surface area contributed by atoms with Gasteiger partial charge in [-0.05, 0) is 23.8 Å². The van der Waals surface area contributed by atoms with Crippen LogP contribution in [-0.2, 0) is 11.3 Å². The number of nitrogens with one attached hydrogen (secondary N) is 1. The number of fused-ring (bicyclic) bond motifs is 1. The first-order chi connectivity index (χ1) is 12.8. The molecule has 3 heterocycles. The summed E-state index contributed by atoms with van der Waals surface area (Å²) < 4.78 is 5.42. The summed E-state index contributed by atoms with van der Waals surface area (Å²) in [6.07, 6.45) is 3.47. The molecule has 0 bridgehead atoms. The predicted molar refractivity (Wildman–Crippen MR) is 100 cm³/mol. The molecule has 0 radical (unpaired) electrons. The number of hydrogen-bond donors (Lipinski definition) is 1. The Balaban J connectivity index is 1.64. The molecule has 0 aliphatic carbocycles. The number of carbonyl (C=O) groups is 1. The van der Waals surface area contributed by atoms with Crippen LogP contribution >= 0.6 is 0 Å². The first-order valence-electron chi connectivity index (χ1n) is 8.71. The second-order valence-electron chi connectivity index (χ2n) is 6.19. The number of rotatable bonds is 4. The van der Waals surface area contributed by atoms with Gasteiger partial charge in [-0.25, -0.2) is 4.98 Å². The highest BCUT2D eigenvalue weighted by atomic mass is 16.5. The Kier molecular flexibility index (Phi) is 4.75. The quantitative estimate of drug-likeness (QED) is 0.784. The lowest BCUT2D eigenvalue weighted by atomic mass is 10.1. The molecule has 1 aliphatic rings. The van der Waals surface area contributed by atoms with Gasteiger partial charge in [-0.3, -0.25) is 9.78 Å². The molecule has 132 valence electrons. The molecule has 1 fully saturated rings. The van der Waals surface area contributed by atoms with Gasteiger partial charge in [0.15, 0.2) is 0 Å². The maximum atomic E-state index is 12.9. The number of para-hydroxylation sites is 1. The van der Waals surface area contributed by atoms with Crippen LogP contribution in [0, 0.1) is 0 Å². The van der Waals surface area contributed by atoms with Crippen molar-refractivity contribution < 1.29 is 9.53 Å². The fraction of sp³-hybridized carbons (Fsp3) is 0.250. The summed E-state index contributed by atoms with van der Waals surface area (Å²) >= 11 is 0. The van der Waals surface area contributed by atoms with Crippen molar-refractivity contribution in [1.29, 1.82) is 0 Å². The molecule has 0 atom stereocenters. The van der Waals surface area contributed by atoms with E-state index in [-0.39, 0.29) is 5.91 Å². The van der Waals surface area contributed by atoms with E-state index in [0.29, 0.717) is 25.3 Å². The van der Waals surface area contributed by atoms with Crippen LogP contribution in [0.3, 0.4) is 0 Å². The first kappa shape index (κ1) is 16.5. The molecule has 26 heavy (non-hydrogen) atoms. The van der Waals surface area contributed by atoms with Crippen LogP contribution in [0.4, 0.5) is 5.82 Å². The highest BCUT2D eigenvalue weighted by Gasteiger charge is 2.18. The second-order valence-corrected chi connectivity index (χ2v) is 6.19. The number of morpholine rings is 1. The molecule has 1 saturated heterocycles. The van der Waals surface area contributed by atoms with Crippen molar-refractivity contribution in [3.05, 3.63) is 66.0 Å². The molecule has 1 aromatic carbocycles. The number of carbonyl (C=O) groups excluding carboxylic acids is 1. The highest BCUT2D eigenvalue weighted by molar-refractivity contribution is 6.07. The molecule has 1 aliphatic heterocycles. The number of pyridine rings is 2. The molecular weight excluding hydrogens is 328 g/mol. The van der Waals surface area contributed by atoms with Gasteiger partial charge < -0.3 is 15.0 Å². The molecule has 2 aromatic heterocycles. The topological polar surface area (TPSA) is 67.4 Å². The zero-order chi connectivity index (χ0) is 17.8. The van der Waals surface area contributed by atoms with E-state index in [9.17, 15) is 4.79 Å². The lowest BCUT2D eigenvalue weighted by Crippen LogP contribution is -2.37. The number of amides is 1. The number of anilines is 1. The van der Waals surface area contributed by atoms with Gasteiger partial charge in [0.05, 0.1) is 24.3 Å². The van der Waals surface area contributed by atoms with Gasteiger partial charge in [-0.1, -0.05) is 24.3 Å². The third-order valence-corrected chi connectivity index (χ3v) is 4.46. The summed E-state index contributed by atoms with van der Waals surface area (Å²) in [5, 5.41) is 3.84. The minimum Gasteiger partial charge on any atom is -0.378 e. The number of ether oxygens (including phenoxy) is 1. The zero-order valence-corrected chi connectivity index (χ0v) is 14.4. The van der Waals surface area contributed by atoms with Crippen LogP contribution in [0.15, 0.2) is 54.9 Å². The molecule has 1 N–H and O–H groups in total. The van der Waals surface area contributed by atoms with Crippen molar-refractivity contribution >= 4 is 22.6 Å². The molecule has 1 amide bonds. The smallest absolute Gasteiger partial charge is 0.252 e. The van der Waals surface area contributed by atoms with Crippen molar-refractivity contribution in [2.24, 2.45) is 0 Å². The Morgan fingerprint density at radius 3 is 2.81 bits per heavy atom. The predicted octanol–water partition coefficient (Wildman–Crippen LogP) is 2.40. The van der Waals surface area contributed by atoms with E-state index in [0.717, 1.165) is 35.4 Å². The van der Waals surface area contributed by atoms with Crippen molar-refractivity contribution in [2.75, 3.05) is 31.2 Å². The largest absolute Gasteiger partial charge is 0.378 e. The van der Waals surface area contributed by atoms with E-state index in [2.05, 4.69) is 15.2 Å². The molecule has 6 nitrogen and oxygen atoms in total. The van der Waals surface area contributed by atoms with Crippen LogP contribution in [0.1, 0.15) is 15.9 Å². The van der Waals surface area contributed by atoms with E-state index < -0.39 is 0 Å². The van der Waals surface area contributed by atoms with Gasteiger partial charge >= 0.3 is 0 Å². The van der Waals surface area contributed by atoms with Crippen LogP contribution < -0.4 is 10.2 Å². The van der Waals surface area contributed by atoms with E-state index in [1.54, 1.807) is 12.4 Å². The van der Waals surface area contributed by atoms with E-state index in [4.69, 9.17) is 9.72 Å². The summed E-state index contributed by atoms with van der Waals surface area (Å²) in [5.41, 5.74) is 2.43. The molecule has 0 saturated carbocycles. The van der Waals surface area contributed by atoms with Crippen LogP contribution in [0.25, 0.3) is 10.9 Å². The molecule has 0 spiro atoms. The van der Waals surface area contributed by atoms with Crippen molar-refractivity contribution in [3.8, 4) is 0 Å². The second kappa shape index (κ2) is 7.49. The minimum absolute atomic E-state index is 0.109. The Morgan fingerprint density at radius 2 is 2.00 bits per heavy atom. The molecule has 6 heteroatoms. The normalized spacial score (nSPS) is 14.4. The summed E-state index contributed by atoms with van der Waals surface area (Å²) in [4.78, 5) is 23.8. The monoisotopic (exact) mass is 348 g/mol. The number of hydrogen-bond acceptors (Lipinski definition) is 5. The van der Waals surface area contributed by atoms with Crippen LogP contribution in [0.2, 0.25) is 0 Å². The standard InChI is InChI=1S/C20H20N4O2/c25-20(22-14-15-4-3-7-21-13-15)17-12-19(24-8-10-26-11-9-24)23-18-6-2-1-5-16(17)18/h1-7,12-13H,8-11,14H2,(H,22,25). The summed E-state index contributed by atoms with van der Waals surface area (Å²) in [6, 6.07) is 13.4. The number of nitrogens with zero attached hydrogens (tertiary/aromatic N) is 3. The molecule has 3 aromatic rings. The Morgan fingerprint density at radius 1 is 1.15 bits per heavy atom. The summed E-state index contributed by atoms with van der Waals surface area (Å²) in [6.45, 7) is 3.36. The molecular formula is C20H20N4O2. The maximum absolute atomic E-state index is 12.9. The first-order valence-corrected chi connectivity index (χ1v) is 8.71. The zero-order valence-electron chi connectivity index (χ0n) is 14.4. The summed E-state index contributed by atoms with van der Waals surface area (Å²) in [7, 11) is 0. The molecule has 0 unspecified atom stereocenters. The minimum atomic E-state index is -0.109. The lowest BCUT2D eigenvalue weighted by Gasteiger charge is -2.28. The van der Waals surface area contributed by atoms with Gasteiger partial charge in [0, 0.05) is 37.4 Å². The van der Waals surface area contributed by atoms with Gasteiger partial charge in [0.25, 0.3) is 5.91 Å². The van der Waals surface area contributed by atoms with Crippen molar-refractivity contribution in [3.63, 3.8) is 0 Å². The van der Waals surface area contributed by atoms with Gasteiger partial charge in [-0.2, -0.15) is 0 Å². The average Bonchev–Trinajstić information content (AvgIpc) is 2.72. The highest BCUT2D eigenvalue weighted by Crippen LogP contribution is 2.23. The SMILES string of the molecule is O=C(NCc1cccnc1)c1cc(N2CCOCC2)nc2ccccc12. The van der Waals surface area contributed by atoms with E-state index in [1.165, 1.54) is 0 Å². The average molecular weight is 348 g/mol. The molecule has 4 rings (SSSR count). The Labute approximate surface area is 151 Å². The maximum Gasteiger partial charge on any atom is 0.252 e. The van der Waals surface area contributed by atoms with Gasteiger partial charge in [0.2, 0.25) is 0 Å². The van der Waals surface area contributed by atoms with Gasteiger partial charge in [-0.15, -0.1) is 0 Å². The van der Waals surface area contributed by atoms with E-state index >= 15 is 0 Å². The Bertz CT molecular complexity index is 908.